The third-order valence-electron chi connectivity index (χ3n) is 29.5. The minimum absolute atomic E-state index is 0.143. The number of carbonyl (C=O) groups is 1. The summed E-state index contributed by atoms with van der Waals surface area (Å²) in [5, 5.41) is 0. The highest BCUT2D eigenvalue weighted by molar-refractivity contribution is 5.94. The summed E-state index contributed by atoms with van der Waals surface area (Å²) in [6.07, 6.45) is 40.3. The van der Waals surface area contributed by atoms with Gasteiger partial charge >= 0.3 is 0 Å². The molecule has 0 spiro atoms. The molecule has 5 aliphatic carbocycles. The lowest BCUT2D eigenvalue weighted by Crippen LogP contribution is -2.30. The molecule has 0 radical (unpaired) electrons. The fraction of sp³-hybridized carbons (Fsp3) is 0.342. The maximum Gasteiger partial charge on any atom is 0.150 e. The molecule has 123 heavy (non-hydrogen) atoms. The number of nitrogens with zero attached hydrogens (tertiary/aromatic N) is 2. The van der Waals surface area contributed by atoms with Crippen LogP contribution < -0.4 is 9.80 Å². The van der Waals surface area contributed by atoms with Gasteiger partial charge in [-0.1, -0.05) is 369 Å². The fourth-order valence-corrected chi connectivity index (χ4v) is 22.5. The Labute approximate surface area is 736 Å². The van der Waals surface area contributed by atoms with Crippen LogP contribution in [0, 0.1) is 13.8 Å². The minimum Gasteiger partial charge on any atom is -0.310 e. The lowest BCUT2D eigenvalue weighted by atomic mass is 9.65. The second-order valence-electron chi connectivity index (χ2n) is 37.4. The molecule has 3 heteroatoms. The Bertz CT molecular complexity index is 5790. The molecular weight excluding hydrogens is 1490 g/mol. The first kappa shape index (κ1) is 83.0. The standard InChI is InChI=1S/C120H128N2O/c1-7-11-15-19-23-30-72-118(73-31-24-20-16-12-8-2)112-76-87(84-123)40-66-106(112)107-67-51-95(79-113(107)118)91-47-60-102(61-48-91)121(100-56-36-85(5)37-57-100)104-64-70-108-109-71-65-105(83-115(109)119(114(108)82-104,74-32-25-21-17-13-9-3)75-33-26-22-18-14-10-4)122(101-58-38-86(6)39-59-101)103-62-49-92(50-63-103)97-53-69-111-110-68-52-96(88-34-28-27-29-35-88)80-116(110)120(117(111)81-97,98-54-45-89-41-43-93(89)77-98)99-55-46-90-42-44-94(90)78-99/h27-29,34-40,45-71,76-84H,7-26,30-33,41-44,72-75H2,1-6H3. The topological polar surface area (TPSA) is 23.6 Å². The van der Waals surface area contributed by atoms with Gasteiger partial charge in [-0.05, 0) is 296 Å². The van der Waals surface area contributed by atoms with E-state index in [0.29, 0.717) is 0 Å². The molecule has 0 saturated carbocycles. The van der Waals surface area contributed by atoms with E-state index in [1.54, 1.807) is 0 Å². The summed E-state index contributed by atoms with van der Waals surface area (Å²) >= 11 is 0. The molecule has 0 N–H and O–H groups in total. The van der Waals surface area contributed by atoms with Gasteiger partial charge in [-0.3, -0.25) is 4.79 Å². The molecule has 0 amide bonds. The van der Waals surface area contributed by atoms with E-state index in [2.05, 4.69) is 324 Å². The predicted molar refractivity (Wildman–Crippen MR) is 524 cm³/mol. The largest absolute Gasteiger partial charge is 0.310 e. The molecule has 18 rings (SSSR count). The molecule has 0 saturated heterocycles. The zero-order chi connectivity index (χ0) is 83.9. The number of rotatable bonds is 40. The Hall–Kier alpha value is -10.9. The van der Waals surface area contributed by atoms with Crippen LogP contribution in [0.3, 0.4) is 0 Å². The Balaban J connectivity index is 0.722. The minimum atomic E-state index is -0.524. The third-order valence-corrected chi connectivity index (χ3v) is 29.5. The van der Waals surface area contributed by atoms with Gasteiger partial charge in [0, 0.05) is 50.5 Å². The zero-order valence-electron chi connectivity index (χ0n) is 74.5. The average molecular weight is 1610 g/mol. The summed E-state index contributed by atoms with van der Waals surface area (Å²) in [5.41, 5.74) is 42.2. The molecule has 0 fully saturated rings. The summed E-state index contributed by atoms with van der Waals surface area (Å²) in [6, 6.07) is 108. The van der Waals surface area contributed by atoms with E-state index in [4.69, 9.17) is 0 Å². The fourth-order valence-electron chi connectivity index (χ4n) is 22.5. The predicted octanol–water partition coefficient (Wildman–Crippen LogP) is 34.2. The van der Waals surface area contributed by atoms with E-state index in [1.165, 1.54) is 310 Å². The SMILES string of the molecule is CCCCCCCCC1(CCCCCCCC)c2cc(C=O)ccc2-c2ccc(-c3ccc(N(c4ccc(C)cc4)c4ccc5c(c4)C(CCCCCCCC)(CCCCCCCC)c4cc(N(c6ccc(C)cc6)c6ccc(-c7ccc8c(c7)C(c7ccc9c(c7)CC9)(c7ccc9c(c7)CC9)c7cc(-c9ccccc9)ccc7-8)cc6)ccc4-5)cc3)cc21. The molecular formula is C120H128N2O. The molecule has 624 valence electrons. The van der Waals surface area contributed by atoms with Crippen LogP contribution in [0.1, 0.15) is 296 Å². The molecule has 0 bridgehead atoms. The van der Waals surface area contributed by atoms with E-state index in [-0.39, 0.29) is 10.8 Å². The Kier molecular flexibility index (Phi) is 25.2. The van der Waals surface area contributed by atoms with E-state index in [1.807, 2.05) is 0 Å². The second-order valence-corrected chi connectivity index (χ2v) is 37.4. The van der Waals surface area contributed by atoms with Gasteiger partial charge in [0.1, 0.15) is 6.29 Å². The first-order valence-electron chi connectivity index (χ1n) is 48.1. The van der Waals surface area contributed by atoms with Crippen molar-refractivity contribution in [3.8, 4) is 66.8 Å². The zero-order valence-corrected chi connectivity index (χ0v) is 74.5. The molecule has 0 aliphatic heterocycles. The molecule has 13 aromatic rings. The maximum absolute atomic E-state index is 12.7. The summed E-state index contributed by atoms with van der Waals surface area (Å²) in [4.78, 5) is 17.8. The number of anilines is 6. The smallest absolute Gasteiger partial charge is 0.150 e. The first-order chi connectivity index (χ1) is 60.5. The maximum atomic E-state index is 12.7. The van der Waals surface area contributed by atoms with Crippen LogP contribution in [0.4, 0.5) is 34.1 Å². The van der Waals surface area contributed by atoms with Crippen LogP contribution in [0.15, 0.2) is 273 Å². The number of aldehydes is 1. The summed E-state index contributed by atoms with van der Waals surface area (Å²) < 4.78 is 0. The Morgan fingerprint density at radius 1 is 0.252 bits per heavy atom. The average Bonchev–Trinajstić information content (AvgIpc) is 1.54. The molecule has 13 aromatic carbocycles. The number of hydrogen-bond donors (Lipinski definition) is 0. The van der Waals surface area contributed by atoms with Crippen LogP contribution in [0.25, 0.3) is 66.8 Å². The van der Waals surface area contributed by atoms with E-state index < -0.39 is 5.41 Å². The summed E-state index contributed by atoms with van der Waals surface area (Å²) in [5.74, 6) is 0. The van der Waals surface area contributed by atoms with Crippen molar-refractivity contribution < 1.29 is 4.79 Å². The van der Waals surface area contributed by atoms with Crippen molar-refractivity contribution in [2.24, 2.45) is 0 Å². The van der Waals surface area contributed by atoms with Gasteiger partial charge in [0.15, 0.2) is 0 Å². The molecule has 0 atom stereocenters. The van der Waals surface area contributed by atoms with Crippen molar-refractivity contribution in [3.63, 3.8) is 0 Å². The molecule has 0 heterocycles. The number of carbonyl (C=O) groups excluding carboxylic acids is 1. The molecule has 0 unspecified atom stereocenters. The van der Waals surface area contributed by atoms with Gasteiger partial charge in [-0.2, -0.15) is 0 Å². The quantitative estimate of drug-likeness (QED) is 0.0282. The van der Waals surface area contributed by atoms with Crippen LogP contribution in [-0.2, 0) is 41.9 Å². The van der Waals surface area contributed by atoms with Crippen molar-refractivity contribution in [2.75, 3.05) is 9.80 Å². The number of hydrogen-bond acceptors (Lipinski definition) is 3. The summed E-state index contributed by atoms with van der Waals surface area (Å²) in [6.45, 7) is 13.8. The van der Waals surface area contributed by atoms with Crippen molar-refractivity contribution >= 4 is 40.4 Å². The number of aryl methyl sites for hydroxylation is 6. The Morgan fingerprint density at radius 3 is 0.902 bits per heavy atom. The van der Waals surface area contributed by atoms with Crippen LogP contribution >= 0.6 is 0 Å². The van der Waals surface area contributed by atoms with Crippen LogP contribution in [0.5, 0.6) is 0 Å². The second kappa shape index (κ2) is 37.3. The molecule has 5 aliphatic rings. The van der Waals surface area contributed by atoms with Crippen LogP contribution in [-0.4, -0.2) is 6.29 Å². The lowest BCUT2D eigenvalue weighted by Gasteiger charge is -2.37. The Morgan fingerprint density at radius 2 is 0.545 bits per heavy atom. The van der Waals surface area contributed by atoms with E-state index >= 15 is 0 Å². The number of fused-ring (bicyclic) bond motifs is 11. The van der Waals surface area contributed by atoms with Crippen molar-refractivity contribution in [1.82, 2.24) is 0 Å². The van der Waals surface area contributed by atoms with Gasteiger partial charge in [0.25, 0.3) is 0 Å². The van der Waals surface area contributed by atoms with E-state index in [9.17, 15) is 4.79 Å². The first-order valence-corrected chi connectivity index (χ1v) is 48.1. The summed E-state index contributed by atoms with van der Waals surface area (Å²) in [7, 11) is 0. The van der Waals surface area contributed by atoms with Crippen molar-refractivity contribution in [2.45, 2.75) is 263 Å². The van der Waals surface area contributed by atoms with Gasteiger partial charge in [0.05, 0.1) is 5.41 Å². The van der Waals surface area contributed by atoms with Crippen LogP contribution in [0.2, 0.25) is 0 Å². The highest BCUT2D eigenvalue weighted by Crippen LogP contribution is 2.62. The highest BCUT2D eigenvalue weighted by Gasteiger charge is 2.49. The van der Waals surface area contributed by atoms with Gasteiger partial charge in [-0.15, -0.1) is 0 Å². The number of benzene rings is 13. The van der Waals surface area contributed by atoms with Gasteiger partial charge in [0.2, 0.25) is 0 Å². The molecule has 3 nitrogen and oxygen atoms in total. The van der Waals surface area contributed by atoms with Gasteiger partial charge < -0.3 is 9.80 Å². The normalized spacial score (nSPS) is 14.1. The van der Waals surface area contributed by atoms with Gasteiger partial charge in [-0.25, -0.2) is 0 Å². The molecule has 0 aromatic heterocycles. The highest BCUT2D eigenvalue weighted by atomic mass is 16.1. The lowest BCUT2D eigenvalue weighted by molar-refractivity contribution is 0.112. The monoisotopic (exact) mass is 1610 g/mol. The third kappa shape index (κ3) is 16.3. The van der Waals surface area contributed by atoms with Crippen molar-refractivity contribution in [1.29, 1.82) is 0 Å². The van der Waals surface area contributed by atoms with E-state index in [0.717, 1.165) is 86.0 Å². The van der Waals surface area contributed by atoms with Crippen molar-refractivity contribution in [3.05, 3.63) is 356 Å². The number of unbranched alkanes of at least 4 members (excludes halogenated alkanes) is 20.